The zero-order valence-corrected chi connectivity index (χ0v) is 10.7. The number of aryl methyl sites for hydroxylation is 1. The first-order chi connectivity index (χ1) is 7.20. The number of fused-ring (bicyclic) bond motifs is 1. The molecule has 0 fully saturated rings. The fourth-order valence-corrected chi connectivity index (χ4v) is 2.90. The van der Waals surface area contributed by atoms with E-state index in [9.17, 15) is 0 Å². The highest BCUT2D eigenvalue weighted by Gasteiger charge is 2.06. The van der Waals surface area contributed by atoms with Crippen LogP contribution in [0.2, 0.25) is 0 Å². The Hall–Kier alpha value is -0.650. The Kier molecular flexibility index (Phi) is 3.23. The molecule has 2 aromatic rings. The van der Waals surface area contributed by atoms with Gasteiger partial charge in [0.25, 0.3) is 0 Å². The van der Waals surface area contributed by atoms with Crippen LogP contribution in [0.1, 0.15) is 5.56 Å². The molecule has 2 rings (SSSR count). The van der Waals surface area contributed by atoms with Crippen molar-refractivity contribution in [3.05, 3.63) is 21.6 Å². The molecule has 1 aromatic heterocycles. The van der Waals surface area contributed by atoms with Crippen LogP contribution in [-0.2, 0) is 0 Å². The van der Waals surface area contributed by atoms with Gasteiger partial charge >= 0.3 is 0 Å². The van der Waals surface area contributed by atoms with Gasteiger partial charge in [-0.1, -0.05) is 0 Å². The number of halogens is 1. The lowest BCUT2D eigenvalue weighted by Crippen LogP contribution is -2.10. The first-order valence-electron chi connectivity index (χ1n) is 4.60. The van der Waals surface area contributed by atoms with Crippen molar-refractivity contribution in [2.45, 2.75) is 6.92 Å². The number of benzene rings is 1. The van der Waals surface area contributed by atoms with Crippen molar-refractivity contribution in [3.63, 3.8) is 0 Å². The summed E-state index contributed by atoms with van der Waals surface area (Å²) in [5, 5.41) is 0. The third-order valence-electron chi connectivity index (χ3n) is 2.02. The monoisotopic (exact) mass is 286 g/mol. The van der Waals surface area contributed by atoms with Gasteiger partial charge in [0, 0.05) is 6.54 Å². The third kappa shape index (κ3) is 2.30. The standard InChI is InChI=1S/C10H11BrN2OS/c1-6-4-7(14-3-2-12)5-8-9(6)13-10(11)15-8/h4-5H,2-3,12H2,1H3. The molecule has 2 N–H and O–H groups in total. The Morgan fingerprint density at radius 3 is 3.07 bits per heavy atom. The SMILES string of the molecule is Cc1cc(OCCN)cc2sc(Br)nc12. The maximum atomic E-state index is 5.49. The Balaban J connectivity index is 2.42. The fraction of sp³-hybridized carbons (Fsp3) is 0.300. The number of hydrogen-bond donors (Lipinski definition) is 1. The smallest absolute Gasteiger partial charge is 0.160 e. The Morgan fingerprint density at radius 2 is 2.33 bits per heavy atom. The van der Waals surface area contributed by atoms with Crippen molar-refractivity contribution in [1.29, 1.82) is 0 Å². The van der Waals surface area contributed by atoms with E-state index in [4.69, 9.17) is 10.5 Å². The molecule has 0 unspecified atom stereocenters. The van der Waals surface area contributed by atoms with E-state index in [-0.39, 0.29) is 0 Å². The van der Waals surface area contributed by atoms with Crippen LogP contribution in [0.3, 0.4) is 0 Å². The summed E-state index contributed by atoms with van der Waals surface area (Å²) in [5.41, 5.74) is 7.55. The normalized spacial score (nSPS) is 10.9. The predicted molar refractivity (Wildman–Crippen MR) is 66.6 cm³/mol. The minimum Gasteiger partial charge on any atom is -0.492 e. The van der Waals surface area contributed by atoms with Gasteiger partial charge in [0.1, 0.15) is 12.4 Å². The van der Waals surface area contributed by atoms with Gasteiger partial charge in [-0.25, -0.2) is 4.98 Å². The van der Waals surface area contributed by atoms with Crippen molar-refractivity contribution >= 4 is 37.5 Å². The van der Waals surface area contributed by atoms with E-state index in [0.717, 1.165) is 25.4 Å². The maximum Gasteiger partial charge on any atom is 0.160 e. The van der Waals surface area contributed by atoms with Crippen LogP contribution < -0.4 is 10.5 Å². The fourth-order valence-electron chi connectivity index (χ4n) is 1.40. The molecule has 1 heterocycles. The molecule has 0 radical (unpaired) electrons. The summed E-state index contributed by atoms with van der Waals surface area (Å²) in [7, 11) is 0. The number of nitrogens with two attached hydrogens (primary N) is 1. The topological polar surface area (TPSA) is 48.1 Å². The molecule has 0 saturated heterocycles. The third-order valence-corrected chi connectivity index (χ3v) is 3.47. The number of ether oxygens (including phenoxy) is 1. The first-order valence-corrected chi connectivity index (χ1v) is 6.21. The van der Waals surface area contributed by atoms with Crippen LogP contribution >= 0.6 is 27.3 Å². The van der Waals surface area contributed by atoms with Gasteiger partial charge in [0.05, 0.1) is 10.2 Å². The molecule has 5 heteroatoms. The van der Waals surface area contributed by atoms with Gasteiger partial charge in [0.2, 0.25) is 0 Å². The molecule has 0 bridgehead atoms. The Morgan fingerprint density at radius 1 is 1.53 bits per heavy atom. The van der Waals surface area contributed by atoms with Crippen molar-refractivity contribution in [2.75, 3.05) is 13.2 Å². The van der Waals surface area contributed by atoms with Crippen molar-refractivity contribution in [1.82, 2.24) is 4.98 Å². The Labute approximate surface area is 100 Å². The van der Waals surface area contributed by atoms with Crippen LogP contribution in [0.15, 0.2) is 16.0 Å². The number of rotatable bonds is 3. The molecule has 0 aliphatic carbocycles. The van der Waals surface area contributed by atoms with Gasteiger partial charge in [-0.2, -0.15) is 0 Å². The van der Waals surface area contributed by atoms with Crippen LogP contribution in [-0.4, -0.2) is 18.1 Å². The number of aromatic nitrogens is 1. The van der Waals surface area contributed by atoms with Gasteiger partial charge < -0.3 is 10.5 Å². The van der Waals surface area contributed by atoms with Crippen LogP contribution in [0.4, 0.5) is 0 Å². The lowest BCUT2D eigenvalue weighted by Gasteiger charge is -2.05. The second kappa shape index (κ2) is 4.47. The van der Waals surface area contributed by atoms with E-state index in [0.29, 0.717) is 13.2 Å². The molecule has 0 saturated carbocycles. The van der Waals surface area contributed by atoms with Gasteiger partial charge in [-0.05, 0) is 40.5 Å². The molecule has 0 spiro atoms. The first kappa shape index (κ1) is 10.9. The van der Waals surface area contributed by atoms with Gasteiger partial charge in [-0.3, -0.25) is 0 Å². The number of nitrogens with zero attached hydrogens (tertiary/aromatic N) is 1. The van der Waals surface area contributed by atoms with E-state index in [1.807, 2.05) is 19.1 Å². The van der Waals surface area contributed by atoms with Crippen LogP contribution in [0.25, 0.3) is 10.2 Å². The number of thiazole rings is 1. The van der Waals surface area contributed by atoms with E-state index >= 15 is 0 Å². The molecule has 0 aliphatic heterocycles. The van der Waals surface area contributed by atoms with Gasteiger partial charge in [0.15, 0.2) is 3.92 Å². The van der Waals surface area contributed by atoms with Crippen LogP contribution in [0.5, 0.6) is 5.75 Å². The molecule has 0 atom stereocenters. The van der Waals surface area contributed by atoms with Gasteiger partial charge in [-0.15, -0.1) is 11.3 Å². The molecule has 15 heavy (non-hydrogen) atoms. The molecular formula is C10H11BrN2OS. The highest BCUT2D eigenvalue weighted by Crippen LogP contribution is 2.31. The number of hydrogen-bond acceptors (Lipinski definition) is 4. The molecule has 0 amide bonds. The average Bonchev–Trinajstić information content (AvgIpc) is 2.56. The summed E-state index contributed by atoms with van der Waals surface area (Å²) >= 11 is 4.99. The average molecular weight is 287 g/mol. The Bertz CT molecular complexity index is 483. The molecule has 1 aromatic carbocycles. The quantitative estimate of drug-likeness (QED) is 0.944. The largest absolute Gasteiger partial charge is 0.492 e. The summed E-state index contributed by atoms with van der Waals surface area (Å²) in [6, 6.07) is 3.99. The second-order valence-corrected chi connectivity index (χ2v) is 5.50. The molecule has 0 aliphatic rings. The van der Waals surface area contributed by atoms with E-state index < -0.39 is 0 Å². The summed E-state index contributed by atoms with van der Waals surface area (Å²) in [6.07, 6.45) is 0. The molecular weight excluding hydrogens is 276 g/mol. The van der Waals surface area contributed by atoms with E-state index in [1.54, 1.807) is 11.3 Å². The maximum absolute atomic E-state index is 5.49. The highest BCUT2D eigenvalue weighted by molar-refractivity contribution is 9.11. The lowest BCUT2D eigenvalue weighted by atomic mass is 10.2. The van der Waals surface area contributed by atoms with E-state index in [2.05, 4.69) is 20.9 Å². The summed E-state index contributed by atoms with van der Waals surface area (Å²) in [6.45, 7) is 3.11. The van der Waals surface area contributed by atoms with E-state index in [1.165, 1.54) is 0 Å². The zero-order valence-electron chi connectivity index (χ0n) is 8.29. The predicted octanol–water partition coefficient (Wildman–Crippen LogP) is 2.70. The minimum atomic E-state index is 0.531. The minimum absolute atomic E-state index is 0.531. The zero-order chi connectivity index (χ0) is 10.8. The van der Waals surface area contributed by atoms with Crippen molar-refractivity contribution in [2.24, 2.45) is 5.73 Å². The highest BCUT2D eigenvalue weighted by atomic mass is 79.9. The second-order valence-electron chi connectivity index (χ2n) is 3.19. The summed E-state index contributed by atoms with van der Waals surface area (Å²) in [5.74, 6) is 0.863. The molecule has 80 valence electrons. The summed E-state index contributed by atoms with van der Waals surface area (Å²) < 4.78 is 7.52. The van der Waals surface area contributed by atoms with Crippen molar-refractivity contribution < 1.29 is 4.74 Å². The lowest BCUT2D eigenvalue weighted by molar-refractivity contribution is 0.328. The van der Waals surface area contributed by atoms with Crippen LogP contribution in [0, 0.1) is 6.92 Å². The van der Waals surface area contributed by atoms with Crippen molar-refractivity contribution in [3.8, 4) is 5.75 Å². The summed E-state index contributed by atoms with van der Waals surface area (Å²) in [4.78, 5) is 4.39. The molecule has 3 nitrogen and oxygen atoms in total.